The van der Waals surface area contributed by atoms with Gasteiger partial charge in [-0.15, -0.1) is 0 Å². The van der Waals surface area contributed by atoms with Gasteiger partial charge >= 0.3 is 0 Å². The summed E-state index contributed by atoms with van der Waals surface area (Å²) in [5.74, 6) is 13.3. The van der Waals surface area contributed by atoms with Crippen molar-refractivity contribution in [3.63, 3.8) is 0 Å². The Morgan fingerprint density at radius 1 is 0.744 bits per heavy atom. The molecule has 0 N–H and O–H groups in total. The molecule has 0 saturated heterocycles. The summed E-state index contributed by atoms with van der Waals surface area (Å²) in [6.45, 7) is 35.1. The lowest BCUT2D eigenvalue weighted by atomic mass is 9.27. The van der Waals surface area contributed by atoms with Crippen LogP contribution in [0.3, 0.4) is 0 Å². The summed E-state index contributed by atoms with van der Waals surface area (Å²) in [7, 11) is 0. The highest BCUT2D eigenvalue weighted by molar-refractivity contribution is 5.20. The van der Waals surface area contributed by atoms with E-state index >= 15 is 0 Å². The zero-order valence-electron chi connectivity index (χ0n) is 28.8. The molecule has 0 aromatic carbocycles. The van der Waals surface area contributed by atoms with Crippen LogP contribution in [0, 0.1) is 105 Å². The van der Waals surface area contributed by atoms with Crippen LogP contribution in [0.2, 0.25) is 0 Å². The summed E-state index contributed by atoms with van der Waals surface area (Å²) in [5, 5.41) is 0. The maximum absolute atomic E-state index is 2.90. The van der Waals surface area contributed by atoms with E-state index < -0.39 is 0 Å². The van der Waals surface area contributed by atoms with Crippen molar-refractivity contribution in [3.8, 4) is 0 Å². The molecule has 5 fully saturated rings. The Hall–Kier alpha value is 0. The van der Waals surface area contributed by atoms with Gasteiger partial charge in [-0.2, -0.15) is 0 Å². The maximum atomic E-state index is 2.90. The van der Waals surface area contributed by atoms with Gasteiger partial charge in [0, 0.05) is 0 Å². The molecule has 5 aliphatic rings. The van der Waals surface area contributed by atoms with Crippen LogP contribution >= 0.6 is 0 Å². The van der Waals surface area contributed by atoms with Crippen LogP contribution in [0.4, 0.5) is 0 Å². The van der Waals surface area contributed by atoms with Crippen molar-refractivity contribution < 1.29 is 0 Å². The van der Waals surface area contributed by atoms with E-state index in [2.05, 4.69) is 90.0 Å². The highest BCUT2D eigenvalue weighted by Crippen LogP contribution is 2.78. The van der Waals surface area contributed by atoms with Gasteiger partial charge in [0.2, 0.25) is 0 Å². The molecule has 5 rings (SSSR count). The minimum Gasteiger partial charge on any atom is -0.0625 e. The highest BCUT2D eigenvalue weighted by atomic mass is 14.8. The van der Waals surface area contributed by atoms with Crippen molar-refractivity contribution in [1.29, 1.82) is 0 Å². The Bertz CT molecular complexity index is 861. The van der Waals surface area contributed by atoms with Gasteiger partial charge in [0.25, 0.3) is 0 Å². The quantitative estimate of drug-likeness (QED) is 0.335. The molecular formula is C39H70. The lowest BCUT2D eigenvalue weighted by Crippen LogP contribution is -2.72. The molecule has 0 bridgehead atoms. The summed E-state index contributed by atoms with van der Waals surface area (Å²) in [6.07, 6.45) is 12.0. The molecule has 0 amide bonds. The number of hydrogen-bond acceptors (Lipinski definition) is 0. The van der Waals surface area contributed by atoms with Crippen LogP contribution in [0.5, 0.6) is 0 Å². The number of rotatable bonds is 3. The molecule has 5 aliphatic carbocycles. The molecule has 226 valence electrons. The molecule has 0 heterocycles. The third-order valence-corrected chi connectivity index (χ3v) is 16.7. The van der Waals surface area contributed by atoms with Crippen LogP contribution in [0.25, 0.3) is 0 Å². The van der Waals surface area contributed by atoms with Crippen LogP contribution < -0.4 is 0 Å². The predicted molar refractivity (Wildman–Crippen MR) is 170 cm³/mol. The maximum Gasteiger partial charge on any atom is -0.0212 e. The highest BCUT2D eigenvalue weighted by Gasteiger charge is 2.73. The van der Waals surface area contributed by atoms with Gasteiger partial charge in [-0.1, -0.05) is 103 Å². The molecule has 0 heteroatoms. The van der Waals surface area contributed by atoms with E-state index in [0.29, 0.717) is 16.2 Å². The number of hydrogen-bond donors (Lipinski definition) is 0. The molecule has 16 unspecified atom stereocenters. The van der Waals surface area contributed by atoms with Gasteiger partial charge in [0.1, 0.15) is 0 Å². The Balaban J connectivity index is 1.63. The first-order valence-corrected chi connectivity index (χ1v) is 18.1. The Labute approximate surface area is 246 Å². The standard InChI is InChI=1S/C39H70/c1-22(2)34-26(6)21-37(11)30(10)38(12)33(20-31-18-23(3)17-24(4)19-31)32-16-14-15-25(5)35(32)27(7)36(38)29(9)39(37,13)28(34)8/h22-36H,14-21H2,1-13H3. The first kappa shape index (κ1) is 30.5. The van der Waals surface area contributed by atoms with Crippen LogP contribution in [-0.2, 0) is 0 Å². The van der Waals surface area contributed by atoms with E-state index in [0.717, 1.165) is 88.8 Å². The van der Waals surface area contributed by atoms with E-state index in [1.807, 2.05) is 0 Å². The topological polar surface area (TPSA) is 0 Å². The van der Waals surface area contributed by atoms with Crippen molar-refractivity contribution in [2.45, 2.75) is 141 Å². The molecule has 0 radical (unpaired) electrons. The summed E-state index contributed by atoms with van der Waals surface area (Å²) in [4.78, 5) is 0. The molecule has 0 aromatic heterocycles. The van der Waals surface area contributed by atoms with Gasteiger partial charge in [0.15, 0.2) is 0 Å². The first-order chi connectivity index (χ1) is 18.1. The summed E-state index contributed by atoms with van der Waals surface area (Å²) in [5.41, 5.74) is 1.33. The summed E-state index contributed by atoms with van der Waals surface area (Å²) < 4.78 is 0. The van der Waals surface area contributed by atoms with Crippen LogP contribution in [-0.4, -0.2) is 0 Å². The minimum atomic E-state index is 0.426. The largest absolute Gasteiger partial charge is 0.0625 e. The zero-order valence-corrected chi connectivity index (χ0v) is 28.8. The smallest absolute Gasteiger partial charge is 0.0212 e. The fraction of sp³-hybridized carbons (Fsp3) is 1.00. The fourth-order valence-corrected chi connectivity index (χ4v) is 15.4. The second-order valence-electron chi connectivity index (χ2n) is 18.5. The molecule has 16 atom stereocenters. The molecule has 0 nitrogen and oxygen atoms in total. The van der Waals surface area contributed by atoms with Crippen LogP contribution in [0.15, 0.2) is 0 Å². The Morgan fingerprint density at radius 2 is 1.36 bits per heavy atom. The molecule has 0 spiro atoms. The van der Waals surface area contributed by atoms with E-state index in [1.165, 1.54) is 44.9 Å². The van der Waals surface area contributed by atoms with Gasteiger partial charge in [0.05, 0.1) is 0 Å². The second kappa shape index (κ2) is 10.3. The first-order valence-electron chi connectivity index (χ1n) is 18.1. The number of fused-ring (bicyclic) bond motifs is 3. The van der Waals surface area contributed by atoms with Crippen molar-refractivity contribution in [1.82, 2.24) is 0 Å². The van der Waals surface area contributed by atoms with Gasteiger partial charge < -0.3 is 0 Å². The van der Waals surface area contributed by atoms with Crippen LogP contribution in [0.1, 0.15) is 141 Å². The molecule has 39 heavy (non-hydrogen) atoms. The molecule has 0 aromatic rings. The molecular weight excluding hydrogens is 468 g/mol. The van der Waals surface area contributed by atoms with Gasteiger partial charge in [-0.25, -0.2) is 0 Å². The third-order valence-electron chi connectivity index (χ3n) is 16.7. The van der Waals surface area contributed by atoms with Gasteiger partial charge in [-0.05, 0) is 144 Å². The normalized spacial score (nSPS) is 59.8. The molecule has 5 saturated carbocycles. The van der Waals surface area contributed by atoms with E-state index in [9.17, 15) is 0 Å². The monoisotopic (exact) mass is 539 g/mol. The lowest BCUT2D eigenvalue weighted by molar-refractivity contribution is -0.294. The lowest BCUT2D eigenvalue weighted by Gasteiger charge is -2.77. The van der Waals surface area contributed by atoms with E-state index in [1.54, 1.807) is 6.42 Å². The van der Waals surface area contributed by atoms with E-state index in [4.69, 9.17) is 0 Å². The zero-order chi connectivity index (χ0) is 28.8. The minimum absolute atomic E-state index is 0.426. The predicted octanol–water partition coefficient (Wildman–Crippen LogP) is 11.6. The fourth-order valence-electron chi connectivity index (χ4n) is 15.4. The average Bonchev–Trinajstić information content (AvgIpc) is 2.82. The average molecular weight is 539 g/mol. The second-order valence-corrected chi connectivity index (χ2v) is 18.5. The van der Waals surface area contributed by atoms with Crippen molar-refractivity contribution in [2.24, 2.45) is 105 Å². The van der Waals surface area contributed by atoms with Crippen molar-refractivity contribution >= 4 is 0 Å². The summed E-state index contributed by atoms with van der Waals surface area (Å²) >= 11 is 0. The SMILES string of the molecule is CC1CC(C)CC(CC2C3CCCC(C)C3C(C)C3C(C)C4(C)C(C)C(C(C)C)C(C)CC4(C)C(C)C23C)C1. The van der Waals surface area contributed by atoms with Crippen molar-refractivity contribution in [3.05, 3.63) is 0 Å². The van der Waals surface area contributed by atoms with Crippen molar-refractivity contribution in [2.75, 3.05) is 0 Å². The Morgan fingerprint density at radius 3 is 1.95 bits per heavy atom. The van der Waals surface area contributed by atoms with Gasteiger partial charge in [-0.3, -0.25) is 0 Å². The Kier molecular flexibility index (Phi) is 8.06. The summed E-state index contributed by atoms with van der Waals surface area (Å²) in [6, 6.07) is 0. The third kappa shape index (κ3) is 4.22. The molecule has 0 aliphatic heterocycles. The van der Waals surface area contributed by atoms with E-state index in [-0.39, 0.29) is 0 Å².